The average molecular weight is 576 g/mol. The molecule has 2 amide bonds. The van der Waals surface area contributed by atoms with Crippen LogP contribution in [0.4, 0.5) is 32.4 Å². The SMILES string of the molecule is Cc1nn(C(N)=O)cc1NC(=O)[C@@H]1O[C@@](C)(C(F)(F)F)[C@@H](C)[C@H]1c1ccc(F)c(F)c1OCCN1CCOCC1. The van der Waals surface area contributed by atoms with E-state index in [0.29, 0.717) is 32.8 Å². The Balaban J connectivity index is 1.69. The van der Waals surface area contributed by atoms with Crippen molar-refractivity contribution in [3.63, 3.8) is 0 Å². The van der Waals surface area contributed by atoms with Crippen LogP contribution in [0.15, 0.2) is 18.3 Å². The number of carbonyl (C=O) groups excluding carboxylic acids is 2. The molecule has 10 nitrogen and oxygen atoms in total. The first-order valence-electron chi connectivity index (χ1n) is 12.6. The first kappa shape index (κ1) is 29.7. The van der Waals surface area contributed by atoms with Crippen molar-refractivity contribution >= 4 is 17.6 Å². The molecule has 15 heteroatoms. The second-order valence-corrected chi connectivity index (χ2v) is 9.94. The number of anilines is 1. The number of halogens is 5. The molecule has 4 rings (SSSR count). The van der Waals surface area contributed by atoms with Crippen LogP contribution in [0.3, 0.4) is 0 Å². The van der Waals surface area contributed by atoms with Gasteiger partial charge in [-0.15, -0.1) is 0 Å². The molecule has 0 saturated carbocycles. The number of hydrogen-bond acceptors (Lipinski definition) is 7. The van der Waals surface area contributed by atoms with Gasteiger partial charge in [-0.25, -0.2) is 9.18 Å². The van der Waals surface area contributed by atoms with Gasteiger partial charge >= 0.3 is 12.2 Å². The Morgan fingerprint density at radius 2 is 1.93 bits per heavy atom. The number of amides is 2. The molecule has 40 heavy (non-hydrogen) atoms. The monoisotopic (exact) mass is 575 g/mol. The number of primary amides is 1. The summed E-state index contributed by atoms with van der Waals surface area (Å²) in [6.45, 7) is 5.92. The second-order valence-electron chi connectivity index (χ2n) is 9.94. The smallest absolute Gasteiger partial charge is 0.417 e. The lowest BCUT2D eigenvalue weighted by Gasteiger charge is -2.32. The number of nitrogens with zero attached hydrogens (tertiary/aromatic N) is 3. The van der Waals surface area contributed by atoms with E-state index in [4.69, 9.17) is 19.9 Å². The van der Waals surface area contributed by atoms with Crippen molar-refractivity contribution in [2.45, 2.75) is 44.6 Å². The molecule has 4 atom stereocenters. The molecule has 0 bridgehead atoms. The zero-order chi connectivity index (χ0) is 29.4. The van der Waals surface area contributed by atoms with E-state index in [1.165, 1.54) is 13.8 Å². The van der Waals surface area contributed by atoms with E-state index >= 15 is 4.39 Å². The summed E-state index contributed by atoms with van der Waals surface area (Å²) in [6, 6.07) is 0.926. The van der Waals surface area contributed by atoms with Crippen molar-refractivity contribution in [1.29, 1.82) is 0 Å². The Kier molecular flexibility index (Phi) is 8.38. The Labute approximate surface area is 226 Å². The van der Waals surface area contributed by atoms with E-state index in [-0.39, 0.29) is 23.6 Å². The molecule has 2 aromatic rings. The Bertz CT molecular complexity index is 1270. The number of aryl methyl sites for hydroxylation is 1. The fraction of sp³-hybridized carbons (Fsp3) is 0.560. The molecule has 0 spiro atoms. The number of nitrogens with two attached hydrogens (primary N) is 1. The van der Waals surface area contributed by atoms with E-state index in [2.05, 4.69) is 10.4 Å². The number of hydrogen-bond donors (Lipinski definition) is 2. The number of nitrogens with one attached hydrogen (secondary N) is 1. The van der Waals surface area contributed by atoms with Gasteiger partial charge in [0.15, 0.2) is 17.2 Å². The van der Waals surface area contributed by atoms with Gasteiger partial charge in [0.1, 0.15) is 12.7 Å². The third-order valence-electron chi connectivity index (χ3n) is 7.51. The quantitative estimate of drug-likeness (QED) is 0.487. The molecule has 3 N–H and O–H groups in total. The predicted octanol–water partition coefficient (Wildman–Crippen LogP) is 3.19. The lowest BCUT2D eigenvalue weighted by Crippen LogP contribution is -2.47. The summed E-state index contributed by atoms with van der Waals surface area (Å²) in [7, 11) is 0. The standard InChI is InChI=1S/C25H30F5N5O5/c1-13-18(15-4-5-16(26)19(27)20(15)39-11-8-34-6-9-38-10-7-34)21(40-24(13,3)25(28,29)30)22(36)32-17-12-35(23(31)37)33-14(17)2/h4-5,12-13,18,21H,6-11H2,1-3H3,(H2,31,37)(H,32,36)/t13-,18-,21+,24+/m0/s1. The lowest BCUT2D eigenvalue weighted by atomic mass is 9.77. The van der Waals surface area contributed by atoms with Crippen molar-refractivity contribution < 1.29 is 45.8 Å². The molecule has 2 fully saturated rings. The van der Waals surface area contributed by atoms with Crippen molar-refractivity contribution in [2.75, 3.05) is 44.8 Å². The minimum absolute atomic E-state index is 0.00619. The number of aromatic nitrogens is 2. The minimum atomic E-state index is -4.91. The van der Waals surface area contributed by atoms with Gasteiger partial charge in [0.25, 0.3) is 5.91 Å². The average Bonchev–Trinajstić information content (AvgIpc) is 3.40. The molecule has 2 aliphatic heterocycles. The molecular weight excluding hydrogens is 545 g/mol. The van der Waals surface area contributed by atoms with E-state index in [1.54, 1.807) is 0 Å². The first-order valence-corrected chi connectivity index (χ1v) is 12.6. The van der Waals surface area contributed by atoms with Crippen molar-refractivity contribution in [1.82, 2.24) is 14.7 Å². The zero-order valence-electron chi connectivity index (χ0n) is 22.1. The molecular formula is C25H30F5N5O5. The van der Waals surface area contributed by atoms with Crippen LogP contribution in [0.5, 0.6) is 5.75 Å². The van der Waals surface area contributed by atoms with Gasteiger partial charge in [-0.2, -0.15) is 27.3 Å². The number of benzene rings is 1. The third kappa shape index (κ3) is 5.63. The summed E-state index contributed by atoms with van der Waals surface area (Å²) >= 11 is 0. The van der Waals surface area contributed by atoms with Crippen LogP contribution in [-0.4, -0.2) is 84.0 Å². The Morgan fingerprint density at radius 1 is 1.25 bits per heavy atom. The Hall–Kier alpha value is -3.30. The molecule has 3 heterocycles. The number of morpholine rings is 1. The van der Waals surface area contributed by atoms with E-state index in [9.17, 15) is 27.2 Å². The number of rotatable bonds is 7. The number of alkyl halides is 3. The highest BCUT2D eigenvalue weighted by Crippen LogP contribution is 2.55. The van der Waals surface area contributed by atoms with Gasteiger partial charge in [0.2, 0.25) is 5.82 Å². The van der Waals surface area contributed by atoms with E-state index in [1.807, 2.05) is 4.90 Å². The lowest BCUT2D eigenvalue weighted by molar-refractivity contribution is -0.272. The summed E-state index contributed by atoms with van der Waals surface area (Å²) in [5.74, 6) is -7.07. The van der Waals surface area contributed by atoms with Gasteiger partial charge in [-0.05, 0) is 19.9 Å². The zero-order valence-corrected chi connectivity index (χ0v) is 22.1. The van der Waals surface area contributed by atoms with Crippen molar-refractivity contribution in [2.24, 2.45) is 11.7 Å². The van der Waals surface area contributed by atoms with Gasteiger partial charge in [0.05, 0.1) is 30.8 Å². The topological polar surface area (TPSA) is 121 Å². The van der Waals surface area contributed by atoms with Crippen molar-refractivity contribution in [3.8, 4) is 5.75 Å². The van der Waals surface area contributed by atoms with Crippen LogP contribution < -0.4 is 15.8 Å². The van der Waals surface area contributed by atoms with E-state index in [0.717, 1.165) is 29.9 Å². The summed E-state index contributed by atoms with van der Waals surface area (Å²) in [5, 5.41) is 6.26. The molecule has 0 radical (unpaired) electrons. The molecule has 2 saturated heterocycles. The molecule has 0 unspecified atom stereocenters. The summed E-state index contributed by atoms with van der Waals surface area (Å²) in [4.78, 5) is 26.8. The Morgan fingerprint density at radius 3 is 2.52 bits per heavy atom. The second kappa shape index (κ2) is 11.3. The highest BCUT2D eigenvalue weighted by Gasteiger charge is 2.66. The van der Waals surface area contributed by atoms with Crippen LogP contribution in [0.1, 0.15) is 31.0 Å². The number of ether oxygens (including phenoxy) is 3. The summed E-state index contributed by atoms with van der Waals surface area (Å²) in [6.07, 6.45) is -5.61. The number of carbonyl (C=O) groups is 2. The maximum Gasteiger partial charge on any atom is 0.417 e. The van der Waals surface area contributed by atoms with Crippen LogP contribution in [-0.2, 0) is 14.3 Å². The minimum Gasteiger partial charge on any atom is -0.489 e. The third-order valence-corrected chi connectivity index (χ3v) is 7.51. The van der Waals surface area contributed by atoms with Crippen molar-refractivity contribution in [3.05, 3.63) is 41.2 Å². The molecule has 1 aromatic heterocycles. The van der Waals surface area contributed by atoms with Gasteiger partial charge in [-0.3, -0.25) is 9.69 Å². The molecule has 220 valence electrons. The maximum absolute atomic E-state index is 15.1. The highest BCUT2D eigenvalue weighted by molar-refractivity contribution is 5.96. The van der Waals surface area contributed by atoms with Crippen LogP contribution >= 0.6 is 0 Å². The van der Waals surface area contributed by atoms with Gasteiger partial charge in [-0.1, -0.05) is 13.0 Å². The van der Waals surface area contributed by atoms with Gasteiger partial charge in [0, 0.05) is 37.0 Å². The fourth-order valence-electron chi connectivity index (χ4n) is 4.98. The normalized spacial score (nSPS) is 25.6. The molecule has 1 aromatic carbocycles. The van der Waals surface area contributed by atoms with Crippen LogP contribution in [0, 0.1) is 24.5 Å². The van der Waals surface area contributed by atoms with Crippen LogP contribution in [0.2, 0.25) is 0 Å². The summed E-state index contributed by atoms with van der Waals surface area (Å²) < 4.78 is 89.2. The summed E-state index contributed by atoms with van der Waals surface area (Å²) in [5.41, 5.74) is 2.39. The maximum atomic E-state index is 15.1. The largest absolute Gasteiger partial charge is 0.489 e. The molecule has 2 aliphatic rings. The van der Waals surface area contributed by atoms with Crippen LogP contribution in [0.25, 0.3) is 0 Å². The van der Waals surface area contributed by atoms with E-state index < -0.39 is 59.0 Å². The first-order chi connectivity index (χ1) is 18.7. The van der Waals surface area contributed by atoms with Gasteiger partial charge < -0.3 is 25.3 Å². The predicted molar refractivity (Wildman–Crippen MR) is 131 cm³/mol. The highest BCUT2D eigenvalue weighted by atomic mass is 19.4. The fourth-order valence-corrected chi connectivity index (χ4v) is 4.98. The molecule has 0 aliphatic carbocycles.